The molecule has 0 saturated heterocycles. The molecule has 0 fully saturated rings. The van der Waals surface area contributed by atoms with Gasteiger partial charge in [-0.05, 0) is 13.3 Å². The normalized spacial score (nSPS) is 10.5. The Bertz CT molecular complexity index is 344. The first-order chi connectivity index (χ1) is 9.86. The molecule has 1 aromatic rings. The minimum atomic E-state index is 0.633. The monoisotopic (exact) mass is 279 g/mol. The lowest BCUT2D eigenvalue weighted by Gasteiger charge is -2.07. The lowest BCUT2D eigenvalue weighted by Crippen LogP contribution is -2.04. The molecular weight excluding hydrogens is 250 g/mol. The molecule has 0 amide bonds. The molecule has 1 heterocycles. The van der Waals surface area contributed by atoms with E-state index in [9.17, 15) is 0 Å². The quantitative estimate of drug-likeness (QED) is 0.575. The van der Waals surface area contributed by atoms with Gasteiger partial charge < -0.3 is 10.1 Å². The molecule has 4 nitrogen and oxygen atoms in total. The second kappa shape index (κ2) is 11.5. The maximum Gasteiger partial charge on any atom is 0.218 e. The number of nitrogens with zero attached hydrogens (tertiary/aromatic N) is 2. The molecule has 1 aromatic heterocycles. The molecule has 1 rings (SSSR count). The molecule has 114 valence electrons. The second-order valence-corrected chi connectivity index (χ2v) is 5.08. The molecule has 0 spiro atoms. The van der Waals surface area contributed by atoms with E-state index in [0.29, 0.717) is 12.5 Å². The molecule has 0 aliphatic carbocycles. The fourth-order valence-electron chi connectivity index (χ4n) is 2.14. The Morgan fingerprint density at radius 1 is 0.950 bits per heavy atom. The van der Waals surface area contributed by atoms with Crippen molar-refractivity contribution in [2.45, 2.75) is 65.2 Å². The van der Waals surface area contributed by atoms with E-state index in [1.54, 1.807) is 6.33 Å². The zero-order valence-corrected chi connectivity index (χ0v) is 13.0. The molecule has 0 saturated carbocycles. The van der Waals surface area contributed by atoms with Crippen LogP contribution in [0, 0.1) is 0 Å². The zero-order valence-electron chi connectivity index (χ0n) is 13.0. The molecule has 0 unspecified atom stereocenters. The van der Waals surface area contributed by atoms with E-state index in [4.69, 9.17) is 4.74 Å². The van der Waals surface area contributed by atoms with Crippen LogP contribution in [0.1, 0.15) is 65.2 Å². The number of rotatable bonds is 12. The minimum Gasteiger partial charge on any atom is -0.478 e. The fraction of sp³-hybridized carbons (Fsp3) is 0.750. The van der Waals surface area contributed by atoms with Crippen molar-refractivity contribution in [1.82, 2.24) is 9.97 Å². The maximum atomic E-state index is 5.35. The average molecular weight is 279 g/mol. The van der Waals surface area contributed by atoms with Crippen molar-refractivity contribution in [3.63, 3.8) is 0 Å². The summed E-state index contributed by atoms with van der Waals surface area (Å²) in [6.45, 7) is 5.82. The van der Waals surface area contributed by atoms with Crippen LogP contribution in [0.3, 0.4) is 0 Å². The third-order valence-electron chi connectivity index (χ3n) is 3.27. The van der Waals surface area contributed by atoms with Gasteiger partial charge in [0, 0.05) is 12.6 Å². The largest absolute Gasteiger partial charge is 0.478 e. The van der Waals surface area contributed by atoms with Crippen LogP contribution in [-0.2, 0) is 0 Å². The Kier molecular flexibility index (Phi) is 9.62. The van der Waals surface area contributed by atoms with Crippen molar-refractivity contribution in [3.05, 3.63) is 12.4 Å². The summed E-state index contributed by atoms with van der Waals surface area (Å²) in [5.41, 5.74) is 0. The smallest absolute Gasteiger partial charge is 0.218 e. The molecule has 0 aliphatic heterocycles. The van der Waals surface area contributed by atoms with Crippen LogP contribution < -0.4 is 10.1 Å². The van der Waals surface area contributed by atoms with Crippen LogP contribution >= 0.6 is 0 Å². The Balaban J connectivity index is 2.02. The van der Waals surface area contributed by atoms with Gasteiger partial charge in [0.25, 0.3) is 0 Å². The molecule has 0 bridgehead atoms. The van der Waals surface area contributed by atoms with Gasteiger partial charge in [0.2, 0.25) is 5.88 Å². The second-order valence-electron chi connectivity index (χ2n) is 5.08. The molecule has 0 atom stereocenters. The molecule has 0 aliphatic rings. The van der Waals surface area contributed by atoms with Gasteiger partial charge in [0.15, 0.2) is 0 Å². The molecule has 4 heteroatoms. The summed E-state index contributed by atoms with van der Waals surface area (Å²) in [6, 6.07) is 1.86. The highest BCUT2D eigenvalue weighted by molar-refractivity contribution is 5.36. The number of aromatic nitrogens is 2. The van der Waals surface area contributed by atoms with Crippen LogP contribution in [0.4, 0.5) is 5.82 Å². The predicted molar refractivity (Wildman–Crippen MR) is 84.3 cm³/mol. The highest BCUT2D eigenvalue weighted by Gasteiger charge is 1.98. The first-order valence-corrected chi connectivity index (χ1v) is 8.05. The van der Waals surface area contributed by atoms with Crippen LogP contribution in [-0.4, -0.2) is 23.1 Å². The average Bonchev–Trinajstić information content (AvgIpc) is 2.46. The third-order valence-corrected chi connectivity index (χ3v) is 3.27. The topological polar surface area (TPSA) is 47.0 Å². The van der Waals surface area contributed by atoms with Gasteiger partial charge in [-0.3, -0.25) is 0 Å². The minimum absolute atomic E-state index is 0.633. The van der Waals surface area contributed by atoms with Crippen molar-refractivity contribution >= 4 is 5.82 Å². The summed E-state index contributed by atoms with van der Waals surface area (Å²) < 4.78 is 5.35. The zero-order chi connectivity index (χ0) is 14.5. The summed E-state index contributed by atoms with van der Waals surface area (Å²) in [6.07, 6.45) is 12.3. The summed E-state index contributed by atoms with van der Waals surface area (Å²) in [7, 11) is 0. The Morgan fingerprint density at radius 2 is 1.65 bits per heavy atom. The van der Waals surface area contributed by atoms with Crippen LogP contribution in [0.15, 0.2) is 12.4 Å². The number of hydrogen-bond acceptors (Lipinski definition) is 4. The first kappa shape index (κ1) is 16.7. The fourth-order valence-corrected chi connectivity index (χ4v) is 2.14. The Labute approximate surface area is 123 Å². The van der Waals surface area contributed by atoms with Gasteiger partial charge in [-0.25, -0.2) is 9.97 Å². The summed E-state index contributed by atoms with van der Waals surface area (Å²) in [5, 5.41) is 3.32. The number of nitrogens with one attached hydrogen (secondary N) is 1. The van der Waals surface area contributed by atoms with Crippen molar-refractivity contribution in [1.29, 1.82) is 0 Å². The number of ether oxygens (including phenoxy) is 1. The predicted octanol–water partition coefficient (Wildman–Crippen LogP) is 4.43. The van der Waals surface area contributed by atoms with E-state index in [1.165, 1.54) is 51.4 Å². The number of hydrogen-bond donors (Lipinski definition) is 1. The SMILES string of the molecule is CCCCCCCCCCNc1cc(OCC)ncn1. The van der Waals surface area contributed by atoms with E-state index in [2.05, 4.69) is 22.2 Å². The summed E-state index contributed by atoms with van der Waals surface area (Å²) in [5.74, 6) is 1.49. The lowest BCUT2D eigenvalue weighted by atomic mass is 10.1. The third kappa shape index (κ3) is 7.97. The highest BCUT2D eigenvalue weighted by Crippen LogP contribution is 2.12. The molecule has 0 radical (unpaired) electrons. The molecular formula is C16H29N3O. The van der Waals surface area contributed by atoms with Gasteiger partial charge in [0.1, 0.15) is 12.1 Å². The standard InChI is InChI=1S/C16H29N3O/c1-3-5-6-7-8-9-10-11-12-17-15-13-16(20-4-2)19-14-18-15/h13-14H,3-12H2,1-2H3,(H,17,18,19). The van der Waals surface area contributed by atoms with Crippen LogP contribution in [0.5, 0.6) is 5.88 Å². The van der Waals surface area contributed by atoms with Crippen molar-refractivity contribution < 1.29 is 4.74 Å². The van der Waals surface area contributed by atoms with Gasteiger partial charge in [-0.2, -0.15) is 0 Å². The number of anilines is 1. The first-order valence-electron chi connectivity index (χ1n) is 8.05. The van der Waals surface area contributed by atoms with Crippen molar-refractivity contribution in [2.75, 3.05) is 18.5 Å². The highest BCUT2D eigenvalue weighted by atomic mass is 16.5. The number of unbranched alkanes of at least 4 members (excludes halogenated alkanes) is 7. The molecule has 0 aromatic carbocycles. The maximum absolute atomic E-state index is 5.35. The summed E-state index contributed by atoms with van der Waals surface area (Å²) >= 11 is 0. The van der Waals surface area contributed by atoms with Crippen LogP contribution in [0.25, 0.3) is 0 Å². The van der Waals surface area contributed by atoms with E-state index >= 15 is 0 Å². The van der Waals surface area contributed by atoms with Gasteiger partial charge in [0.05, 0.1) is 6.61 Å². The van der Waals surface area contributed by atoms with E-state index in [0.717, 1.165) is 12.4 Å². The van der Waals surface area contributed by atoms with Gasteiger partial charge in [-0.15, -0.1) is 0 Å². The van der Waals surface area contributed by atoms with Crippen molar-refractivity contribution in [3.8, 4) is 5.88 Å². The van der Waals surface area contributed by atoms with Crippen molar-refractivity contribution in [2.24, 2.45) is 0 Å². The molecule has 1 N–H and O–H groups in total. The Morgan fingerprint density at radius 3 is 2.35 bits per heavy atom. The molecule has 20 heavy (non-hydrogen) atoms. The van der Waals surface area contributed by atoms with E-state index in [-0.39, 0.29) is 0 Å². The van der Waals surface area contributed by atoms with Gasteiger partial charge in [-0.1, -0.05) is 51.9 Å². The van der Waals surface area contributed by atoms with E-state index in [1.807, 2.05) is 13.0 Å². The Hall–Kier alpha value is -1.32. The lowest BCUT2D eigenvalue weighted by molar-refractivity contribution is 0.326. The van der Waals surface area contributed by atoms with Gasteiger partial charge >= 0.3 is 0 Å². The van der Waals surface area contributed by atoms with E-state index < -0.39 is 0 Å². The van der Waals surface area contributed by atoms with Crippen LogP contribution in [0.2, 0.25) is 0 Å². The summed E-state index contributed by atoms with van der Waals surface area (Å²) in [4.78, 5) is 8.24.